The van der Waals surface area contributed by atoms with Crippen molar-refractivity contribution in [2.24, 2.45) is 0 Å². The van der Waals surface area contributed by atoms with Crippen molar-refractivity contribution < 1.29 is 39.6 Å². The first kappa shape index (κ1) is 27.1. The Kier molecular flexibility index (Phi) is 7.44. The Bertz CT molecular complexity index is 1360. The van der Waals surface area contributed by atoms with Gasteiger partial charge in [0.05, 0.1) is 17.6 Å². The summed E-state index contributed by atoms with van der Waals surface area (Å²) in [5.41, 5.74) is -3.02. The molecule has 0 saturated carbocycles. The molecule has 2 aromatic heterocycles. The second-order valence-electron chi connectivity index (χ2n) is 7.92. The Morgan fingerprint density at radius 2 is 1.53 bits per heavy atom. The number of sulfone groups is 1. The van der Waals surface area contributed by atoms with Gasteiger partial charge in [-0.05, 0) is 36.2 Å². The second-order valence-corrected chi connectivity index (χ2v) is 10.2. The minimum absolute atomic E-state index is 0.0133. The SMILES string of the molecule is Cc1ccccc1-c1ccncc1N(CCS(C)(=O)=O)C(=O)c1cc(C(F)(F)F)nc(C(F)(F)F)c1. The highest BCUT2D eigenvalue weighted by Gasteiger charge is 2.40. The van der Waals surface area contributed by atoms with Crippen LogP contribution in [0.15, 0.2) is 54.9 Å². The largest absolute Gasteiger partial charge is 0.433 e. The van der Waals surface area contributed by atoms with Gasteiger partial charge in [-0.25, -0.2) is 13.4 Å². The summed E-state index contributed by atoms with van der Waals surface area (Å²) >= 11 is 0. The van der Waals surface area contributed by atoms with Crippen LogP contribution >= 0.6 is 0 Å². The number of carbonyl (C=O) groups excluding carboxylic acids is 1. The molecule has 36 heavy (non-hydrogen) atoms. The number of anilines is 1. The summed E-state index contributed by atoms with van der Waals surface area (Å²) in [6, 6.07) is 8.82. The number of rotatable bonds is 6. The number of aryl methyl sites for hydroxylation is 1. The molecular weight excluding hydrogens is 512 g/mol. The van der Waals surface area contributed by atoms with Gasteiger partial charge in [0.25, 0.3) is 5.91 Å². The third kappa shape index (κ3) is 6.39. The van der Waals surface area contributed by atoms with Crippen molar-refractivity contribution in [1.29, 1.82) is 0 Å². The van der Waals surface area contributed by atoms with Crippen LogP contribution in [0, 0.1) is 6.92 Å². The van der Waals surface area contributed by atoms with E-state index < -0.39 is 57.3 Å². The van der Waals surface area contributed by atoms with E-state index in [1.54, 1.807) is 31.2 Å². The zero-order valence-electron chi connectivity index (χ0n) is 18.9. The van der Waals surface area contributed by atoms with Crippen LogP contribution in [0.2, 0.25) is 0 Å². The van der Waals surface area contributed by atoms with Crippen molar-refractivity contribution in [3.05, 3.63) is 77.4 Å². The van der Waals surface area contributed by atoms with E-state index in [0.29, 0.717) is 11.1 Å². The van der Waals surface area contributed by atoms with Crippen molar-refractivity contribution in [3.8, 4) is 11.1 Å². The summed E-state index contributed by atoms with van der Waals surface area (Å²) < 4.78 is 104. The first-order chi connectivity index (χ1) is 16.6. The van der Waals surface area contributed by atoms with Crippen molar-refractivity contribution in [2.75, 3.05) is 23.5 Å². The molecule has 0 atom stereocenters. The number of nitrogens with zero attached hydrogens (tertiary/aromatic N) is 3. The molecule has 0 unspecified atom stereocenters. The van der Waals surface area contributed by atoms with Crippen LogP contribution in [0.25, 0.3) is 11.1 Å². The molecule has 13 heteroatoms. The fourth-order valence-electron chi connectivity index (χ4n) is 3.39. The molecular formula is C23H19F6N3O3S. The lowest BCUT2D eigenvalue weighted by molar-refractivity contribution is -0.150. The Labute approximate surface area is 202 Å². The van der Waals surface area contributed by atoms with Crippen molar-refractivity contribution in [3.63, 3.8) is 0 Å². The highest BCUT2D eigenvalue weighted by molar-refractivity contribution is 7.90. The van der Waals surface area contributed by atoms with Crippen molar-refractivity contribution >= 4 is 21.4 Å². The molecule has 3 aromatic rings. The monoisotopic (exact) mass is 531 g/mol. The first-order valence-corrected chi connectivity index (χ1v) is 12.3. The summed E-state index contributed by atoms with van der Waals surface area (Å²) in [4.78, 5) is 20.8. The van der Waals surface area contributed by atoms with Gasteiger partial charge in [-0.1, -0.05) is 24.3 Å². The molecule has 1 aromatic carbocycles. The fraction of sp³-hybridized carbons (Fsp3) is 0.261. The normalized spacial score (nSPS) is 12.4. The molecule has 0 aliphatic carbocycles. The lowest BCUT2D eigenvalue weighted by atomic mass is 9.99. The molecule has 0 N–H and O–H groups in total. The first-order valence-electron chi connectivity index (χ1n) is 10.2. The molecule has 2 heterocycles. The van der Waals surface area contributed by atoms with Crippen LogP contribution in [-0.4, -0.2) is 42.8 Å². The number of benzene rings is 1. The maximum Gasteiger partial charge on any atom is 0.433 e. The van der Waals surface area contributed by atoms with E-state index in [4.69, 9.17) is 0 Å². The highest BCUT2D eigenvalue weighted by atomic mass is 32.2. The average molecular weight is 531 g/mol. The predicted octanol–water partition coefficient (Wildman–Crippen LogP) is 5.18. The summed E-state index contributed by atoms with van der Waals surface area (Å²) in [6.07, 6.45) is -7.07. The van der Waals surface area contributed by atoms with Gasteiger partial charge in [0.15, 0.2) is 0 Å². The van der Waals surface area contributed by atoms with Gasteiger partial charge in [0.2, 0.25) is 0 Å². The molecule has 0 bridgehead atoms. The van der Waals surface area contributed by atoms with Crippen LogP contribution in [0.3, 0.4) is 0 Å². The number of amides is 1. The summed E-state index contributed by atoms with van der Waals surface area (Å²) in [6.45, 7) is 1.21. The highest BCUT2D eigenvalue weighted by Crippen LogP contribution is 2.36. The quantitative estimate of drug-likeness (QED) is 0.410. The Morgan fingerprint density at radius 3 is 2.06 bits per heavy atom. The van der Waals surface area contributed by atoms with Crippen LogP contribution in [0.5, 0.6) is 0 Å². The predicted molar refractivity (Wildman–Crippen MR) is 120 cm³/mol. The minimum atomic E-state index is -5.27. The molecule has 0 aliphatic rings. The van der Waals surface area contributed by atoms with Gasteiger partial charge >= 0.3 is 12.4 Å². The number of aromatic nitrogens is 2. The maximum atomic E-state index is 13.4. The maximum absolute atomic E-state index is 13.4. The minimum Gasteiger partial charge on any atom is -0.305 e. The number of halogens is 6. The number of pyridine rings is 2. The van der Waals surface area contributed by atoms with E-state index in [9.17, 15) is 39.6 Å². The lowest BCUT2D eigenvalue weighted by Crippen LogP contribution is -2.36. The van der Waals surface area contributed by atoms with Gasteiger partial charge in [0.1, 0.15) is 21.2 Å². The fourth-order valence-corrected chi connectivity index (χ4v) is 3.91. The van der Waals surface area contributed by atoms with Gasteiger partial charge in [-0.2, -0.15) is 26.3 Å². The van der Waals surface area contributed by atoms with E-state index in [-0.39, 0.29) is 17.8 Å². The number of hydrogen-bond donors (Lipinski definition) is 0. The zero-order valence-corrected chi connectivity index (χ0v) is 19.7. The molecule has 0 spiro atoms. The van der Waals surface area contributed by atoms with Crippen LogP contribution < -0.4 is 4.90 Å². The van der Waals surface area contributed by atoms with Crippen LogP contribution in [-0.2, 0) is 22.2 Å². The topological polar surface area (TPSA) is 80.2 Å². The molecule has 0 saturated heterocycles. The molecule has 3 rings (SSSR count). The Hall–Kier alpha value is -3.48. The third-order valence-corrected chi connectivity index (χ3v) is 6.03. The third-order valence-electron chi connectivity index (χ3n) is 5.11. The standard InChI is InChI=1S/C23H19F6N3O3S/c1-14-5-3-4-6-16(14)17-7-8-30-13-18(17)32(9-10-36(2,34)35)21(33)15-11-19(22(24,25)26)31-20(12-15)23(27,28)29/h3-8,11-13H,9-10H2,1-2H3. The van der Waals surface area contributed by atoms with Crippen LogP contribution in [0.1, 0.15) is 27.3 Å². The second kappa shape index (κ2) is 9.88. The molecule has 192 valence electrons. The van der Waals surface area contributed by atoms with E-state index in [1.807, 2.05) is 0 Å². The molecule has 0 fully saturated rings. The Morgan fingerprint density at radius 1 is 0.944 bits per heavy atom. The molecule has 0 radical (unpaired) electrons. The van der Waals surface area contributed by atoms with Crippen LogP contribution in [0.4, 0.5) is 32.0 Å². The van der Waals surface area contributed by atoms with E-state index >= 15 is 0 Å². The van der Waals surface area contributed by atoms with E-state index in [1.165, 1.54) is 18.5 Å². The van der Waals surface area contributed by atoms with E-state index in [0.717, 1.165) is 16.7 Å². The zero-order chi connectivity index (χ0) is 26.9. The summed E-state index contributed by atoms with van der Waals surface area (Å²) in [7, 11) is -3.68. The molecule has 1 amide bonds. The Balaban J connectivity index is 2.23. The summed E-state index contributed by atoms with van der Waals surface area (Å²) in [5, 5.41) is 0. The van der Waals surface area contributed by atoms with Gasteiger partial charge in [-0.15, -0.1) is 0 Å². The number of carbonyl (C=O) groups is 1. The smallest absolute Gasteiger partial charge is 0.305 e. The molecule has 0 aliphatic heterocycles. The van der Waals surface area contributed by atoms with Gasteiger partial charge in [-0.3, -0.25) is 9.78 Å². The lowest BCUT2D eigenvalue weighted by Gasteiger charge is -2.26. The number of hydrogen-bond acceptors (Lipinski definition) is 5. The van der Waals surface area contributed by atoms with Crippen molar-refractivity contribution in [2.45, 2.75) is 19.3 Å². The number of alkyl halides is 6. The molecule has 6 nitrogen and oxygen atoms in total. The van der Waals surface area contributed by atoms with Gasteiger partial charge in [0, 0.05) is 30.1 Å². The average Bonchev–Trinajstić information content (AvgIpc) is 2.77. The van der Waals surface area contributed by atoms with E-state index in [2.05, 4.69) is 9.97 Å². The van der Waals surface area contributed by atoms with Gasteiger partial charge < -0.3 is 4.90 Å². The van der Waals surface area contributed by atoms with Crippen molar-refractivity contribution in [1.82, 2.24) is 9.97 Å². The summed E-state index contributed by atoms with van der Waals surface area (Å²) in [5.74, 6) is -1.88.